The summed E-state index contributed by atoms with van der Waals surface area (Å²) in [5, 5.41) is 12.3. The van der Waals surface area contributed by atoms with Gasteiger partial charge in [-0.2, -0.15) is 0 Å². The van der Waals surface area contributed by atoms with Crippen molar-refractivity contribution in [2.45, 2.75) is 0 Å². The molecule has 1 rings (SSSR count). The van der Waals surface area contributed by atoms with Crippen LogP contribution >= 0.6 is 23.4 Å². The molecule has 0 saturated heterocycles. The van der Waals surface area contributed by atoms with Crippen LogP contribution in [0.15, 0.2) is 0 Å². The van der Waals surface area contributed by atoms with Crippen molar-refractivity contribution >= 4 is 46.1 Å². The number of rotatable bonds is 2. The Morgan fingerprint density at radius 2 is 2.18 bits per heavy atom. The van der Waals surface area contributed by atoms with Gasteiger partial charge in [0.05, 0.1) is 0 Å². The highest BCUT2D eigenvalue weighted by atomic mass is 35.5. The molecule has 0 fully saturated rings. The lowest BCUT2D eigenvalue weighted by atomic mass is 10.3. The lowest BCUT2D eigenvalue weighted by molar-refractivity contribution is 0.0973. The predicted molar refractivity (Wildman–Crippen MR) is 69.7 cm³/mol. The first kappa shape index (κ1) is 13.5. The van der Waals surface area contributed by atoms with E-state index < -0.39 is 5.91 Å². The summed E-state index contributed by atoms with van der Waals surface area (Å²) < 4.78 is 0. The van der Waals surface area contributed by atoms with E-state index in [1.54, 1.807) is 13.3 Å². The molecule has 0 aromatic carbocycles. The van der Waals surface area contributed by atoms with Crippen molar-refractivity contribution in [1.82, 2.24) is 15.3 Å². The van der Waals surface area contributed by atoms with Gasteiger partial charge < -0.3 is 16.4 Å². The van der Waals surface area contributed by atoms with Gasteiger partial charge in [0.1, 0.15) is 0 Å². The van der Waals surface area contributed by atoms with Crippen molar-refractivity contribution in [1.29, 1.82) is 5.41 Å². The molecule has 1 aromatic heterocycles. The first-order valence-corrected chi connectivity index (χ1v) is 6.04. The van der Waals surface area contributed by atoms with Crippen LogP contribution in [0, 0.1) is 5.41 Å². The number of carbonyl (C=O) groups is 1. The highest BCUT2D eigenvalue weighted by molar-refractivity contribution is 8.13. The van der Waals surface area contributed by atoms with Gasteiger partial charge in [0, 0.05) is 7.05 Å². The van der Waals surface area contributed by atoms with Crippen LogP contribution in [-0.4, -0.2) is 34.3 Å². The number of aromatic nitrogens is 2. The summed E-state index contributed by atoms with van der Waals surface area (Å²) in [4.78, 5) is 19.5. The van der Waals surface area contributed by atoms with Crippen LogP contribution < -0.4 is 16.4 Å². The monoisotopic (exact) mass is 274 g/mol. The van der Waals surface area contributed by atoms with Crippen LogP contribution in [0.4, 0.5) is 11.6 Å². The summed E-state index contributed by atoms with van der Waals surface area (Å²) in [6.07, 6.45) is 1.67. The zero-order chi connectivity index (χ0) is 13.0. The van der Waals surface area contributed by atoms with Crippen LogP contribution in [0.25, 0.3) is 0 Å². The Morgan fingerprint density at radius 3 is 2.71 bits per heavy atom. The Morgan fingerprint density at radius 1 is 1.53 bits per heavy atom. The number of hydrogen-bond acceptors (Lipinski definition) is 7. The largest absolute Gasteiger partial charge is 0.381 e. The number of nitrogens with one attached hydrogen (secondary N) is 3. The molecule has 5 N–H and O–H groups in total. The maximum atomic E-state index is 11.7. The second-order valence-corrected chi connectivity index (χ2v) is 4.01. The average molecular weight is 275 g/mol. The topological polar surface area (TPSA) is 117 Å². The van der Waals surface area contributed by atoms with E-state index >= 15 is 0 Å². The summed E-state index contributed by atoms with van der Waals surface area (Å²) in [5.41, 5.74) is 5.46. The molecule has 0 unspecified atom stereocenters. The lowest BCUT2D eigenvalue weighted by Gasteiger charge is -2.09. The van der Waals surface area contributed by atoms with Crippen molar-refractivity contribution in [3.8, 4) is 0 Å². The minimum absolute atomic E-state index is 0.00630. The molecule has 1 aromatic rings. The lowest BCUT2D eigenvalue weighted by Crippen LogP contribution is -2.29. The van der Waals surface area contributed by atoms with Crippen molar-refractivity contribution in [2.24, 2.45) is 0 Å². The van der Waals surface area contributed by atoms with Gasteiger partial charge in [0.2, 0.25) is 0 Å². The van der Waals surface area contributed by atoms with Crippen molar-refractivity contribution < 1.29 is 4.79 Å². The predicted octanol–water partition coefficient (Wildman–Crippen LogP) is 0.781. The summed E-state index contributed by atoms with van der Waals surface area (Å²) >= 11 is 6.79. The fourth-order valence-electron chi connectivity index (χ4n) is 0.974. The standard InChI is InChI=1S/C8H11ClN6OS/c1-12-6-3(7(16)15-8(11)17-2)13-4(9)5(10)14-6/h1-2H3,(H3,10,12,14)(H2,11,15,16). The van der Waals surface area contributed by atoms with Gasteiger partial charge in [-0.25, -0.2) is 9.97 Å². The van der Waals surface area contributed by atoms with E-state index in [1.807, 2.05) is 0 Å². The van der Waals surface area contributed by atoms with Gasteiger partial charge in [0.15, 0.2) is 27.7 Å². The van der Waals surface area contributed by atoms with Crippen molar-refractivity contribution in [2.75, 3.05) is 24.4 Å². The number of carbonyl (C=O) groups excluding carboxylic acids is 1. The molecule has 0 radical (unpaired) electrons. The summed E-state index contributed by atoms with van der Waals surface area (Å²) in [6.45, 7) is 0. The number of anilines is 2. The number of nitrogen functional groups attached to an aromatic ring is 1. The zero-order valence-corrected chi connectivity index (χ0v) is 10.7. The van der Waals surface area contributed by atoms with Crippen LogP contribution in [0.3, 0.4) is 0 Å². The minimum atomic E-state index is -0.567. The summed E-state index contributed by atoms with van der Waals surface area (Å²) in [5.74, 6) is -0.325. The molecule has 0 saturated carbocycles. The highest BCUT2D eigenvalue weighted by Gasteiger charge is 2.17. The third-order valence-corrected chi connectivity index (χ3v) is 2.55. The van der Waals surface area contributed by atoms with Gasteiger partial charge >= 0.3 is 0 Å². The van der Waals surface area contributed by atoms with Gasteiger partial charge in [0.25, 0.3) is 5.91 Å². The number of thioether (sulfide) groups is 1. The number of amidine groups is 1. The van der Waals surface area contributed by atoms with Gasteiger partial charge in [-0.1, -0.05) is 23.4 Å². The molecule has 0 bridgehead atoms. The Labute approximate surface area is 107 Å². The Balaban J connectivity index is 3.08. The quantitative estimate of drug-likeness (QED) is 0.468. The maximum Gasteiger partial charge on any atom is 0.279 e. The van der Waals surface area contributed by atoms with E-state index in [-0.39, 0.29) is 27.7 Å². The average Bonchev–Trinajstić information content (AvgIpc) is 2.31. The van der Waals surface area contributed by atoms with Gasteiger partial charge in [-0.3, -0.25) is 10.2 Å². The number of nitrogens with zero attached hydrogens (tertiary/aromatic N) is 2. The van der Waals surface area contributed by atoms with Crippen molar-refractivity contribution in [3.63, 3.8) is 0 Å². The number of hydrogen-bond donors (Lipinski definition) is 4. The Hall–Kier alpha value is -1.54. The third-order valence-electron chi connectivity index (χ3n) is 1.76. The van der Waals surface area contributed by atoms with Crippen LogP contribution in [-0.2, 0) is 0 Å². The summed E-state index contributed by atoms with van der Waals surface area (Å²) in [7, 11) is 1.58. The molecule has 0 aliphatic rings. The third kappa shape index (κ3) is 3.21. The summed E-state index contributed by atoms with van der Waals surface area (Å²) in [6, 6.07) is 0. The van der Waals surface area contributed by atoms with Gasteiger partial charge in [-0.15, -0.1) is 0 Å². The molecule has 0 aliphatic heterocycles. The van der Waals surface area contributed by atoms with E-state index in [2.05, 4.69) is 20.6 Å². The number of halogens is 1. The number of amides is 1. The highest BCUT2D eigenvalue weighted by Crippen LogP contribution is 2.19. The molecule has 9 heteroatoms. The SMILES string of the molecule is CNc1nc(N)c(Cl)nc1C(=O)NC(=N)SC. The molecule has 0 spiro atoms. The molecule has 92 valence electrons. The zero-order valence-electron chi connectivity index (χ0n) is 9.17. The van der Waals surface area contributed by atoms with E-state index in [0.717, 1.165) is 11.8 Å². The molecule has 17 heavy (non-hydrogen) atoms. The second kappa shape index (κ2) is 5.69. The van der Waals surface area contributed by atoms with Crippen LogP contribution in [0.5, 0.6) is 0 Å². The van der Waals surface area contributed by atoms with E-state index in [1.165, 1.54) is 0 Å². The fourth-order valence-corrected chi connectivity index (χ4v) is 1.30. The Kier molecular flexibility index (Phi) is 4.53. The first-order chi connectivity index (χ1) is 7.99. The van der Waals surface area contributed by atoms with Crippen LogP contribution in [0.2, 0.25) is 5.15 Å². The van der Waals surface area contributed by atoms with E-state index in [9.17, 15) is 4.79 Å². The normalized spacial score (nSPS) is 9.82. The molecular formula is C8H11ClN6OS. The molecular weight excluding hydrogens is 264 g/mol. The molecule has 1 amide bonds. The van der Waals surface area contributed by atoms with Crippen LogP contribution in [0.1, 0.15) is 10.5 Å². The Bertz CT molecular complexity index is 466. The molecule has 1 heterocycles. The van der Waals surface area contributed by atoms with E-state index in [4.69, 9.17) is 22.7 Å². The first-order valence-electron chi connectivity index (χ1n) is 4.44. The molecule has 0 aliphatic carbocycles. The van der Waals surface area contributed by atoms with E-state index in [0.29, 0.717) is 0 Å². The number of nitrogens with two attached hydrogens (primary N) is 1. The molecule has 0 atom stereocenters. The fraction of sp³-hybridized carbons (Fsp3) is 0.250. The minimum Gasteiger partial charge on any atom is -0.381 e. The van der Waals surface area contributed by atoms with Crippen molar-refractivity contribution in [3.05, 3.63) is 10.8 Å². The van der Waals surface area contributed by atoms with Gasteiger partial charge in [-0.05, 0) is 6.26 Å². The maximum absolute atomic E-state index is 11.7. The smallest absolute Gasteiger partial charge is 0.279 e. The molecule has 7 nitrogen and oxygen atoms in total. The second-order valence-electron chi connectivity index (χ2n) is 2.83.